The van der Waals surface area contributed by atoms with E-state index in [1.165, 1.54) is 22.9 Å². The molecule has 1 aromatic heterocycles. The van der Waals surface area contributed by atoms with Crippen molar-refractivity contribution in [1.29, 1.82) is 0 Å². The summed E-state index contributed by atoms with van der Waals surface area (Å²) in [6.45, 7) is 5.94. The summed E-state index contributed by atoms with van der Waals surface area (Å²) in [6, 6.07) is 5.91. The molecule has 1 fully saturated rings. The molecule has 1 saturated heterocycles. The molecule has 1 aliphatic rings. The van der Waals surface area contributed by atoms with Gasteiger partial charge in [0.2, 0.25) is 5.91 Å². The van der Waals surface area contributed by atoms with E-state index in [2.05, 4.69) is 36.3 Å². The van der Waals surface area contributed by atoms with Gasteiger partial charge in [-0.05, 0) is 50.5 Å². The van der Waals surface area contributed by atoms with Crippen molar-refractivity contribution < 1.29 is 13.2 Å². The van der Waals surface area contributed by atoms with Gasteiger partial charge in [-0.25, -0.2) is 13.4 Å². The van der Waals surface area contributed by atoms with Crippen LogP contribution >= 0.6 is 11.8 Å². The van der Waals surface area contributed by atoms with Crippen LogP contribution in [-0.4, -0.2) is 46.7 Å². The van der Waals surface area contributed by atoms with Gasteiger partial charge in [0.15, 0.2) is 15.0 Å². The van der Waals surface area contributed by atoms with Crippen LogP contribution < -0.4 is 5.32 Å². The molecule has 0 radical (unpaired) electrons. The Balaban J connectivity index is 1.68. The molecular formula is C18H23N3O3S2. The summed E-state index contributed by atoms with van der Waals surface area (Å²) in [6.07, 6.45) is 4.08. The Bertz CT molecular complexity index is 922. The third-order valence-electron chi connectivity index (χ3n) is 4.61. The van der Waals surface area contributed by atoms with Gasteiger partial charge in [-0.15, -0.1) is 0 Å². The van der Waals surface area contributed by atoms with Gasteiger partial charge in [-0.2, -0.15) is 0 Å². The van der Waals surface area contributed by atoms with Gasteiger partial charge in [0.1, 0.15) is 0 Å². The first kappa shape index (κ1) is 19.0. The zero-order valence-corrected chi connectivity index (χ0v) is 16.7. The average molecular weight is 394 g/mol. The van der Waals surface area contributed by atoms with Gasteiger partial charge in [-0.1, -0.05) is 17.8 Å². The number of rotatable bonds is 5. The summed E-state index contributed by atoms with van der Waals surface area (Å²) < 4.78 is 25.0. The van der Waals surface area contributed by atoms with Crippen molar-refractivity contribution in [2.24, 2.45) is 0 Å². The fraction of sp³-hybridized carbons (Fsp3) is 0.444. The Labute approximate surface area is 158 Å². The summed E-state index contributed by atoms with van der Waals surface area (Å²) in [5, 5.41) is 3.21. The summed E-state index contributed by atoms with van der Waals surface area (Å²) in [7, 11) is -3.01. The molecule has 2 atom stereocenters. The van der Waals surface area contributed by atoms with Crippen LogP contribution in [0.15, 0.2) is 35.7 Å². The molecule has 6 nitrogen and oxygen atoms in total. The van der Waals surface area contributed by atoms with E-state index >= 15 is 0 Å². The number of hydrogen-bond acceptors (Lipinski definition) is 5. The molecule has 26 heavy (non-hydrogen) atoms. The van der Waals surface area contributed by atoms with E-state index in [0.29, 0.717) is 6.42 Å². The molecule has 1 aliphatic heterocycles. The van der Waals surface area contributed by atoms with Gasteiger partial charge < -0.3 is 5.32 Å². The highest BCUT2D eigenvalue weighted by molar-refractivity contribution is 8.00. The molecule has 8 heteroatoms. The highest BCUT2D eigenvalue weighted by Gasteiger charge is 2.30. The second-order valence-corrected chi connectivity index (χ2v) is 10.3. The SMILES string of the molecule is Cc1ccc(-n2ccnc2S[C@@H](C)C(=O)N[C@H]2CCS(=O)(=O)C2)cc1C. The smallest absolute Gasteiger partial charge is 0.233 e. The van der Waals surface area contributed by atoms with Crippen molar-refractivity contribution >= 4 is 27.5 Å². The lowest BCUT2D eigenvalue weighted by Gasteiger charge is -2.16. The zero-order chi connectivity index (χ0) is 18.9. The highest BCUT2D eigenvalue weighted by atomic mass is 32.2. The largest absolute Gasteiger partial charge is 0.351 e. The number of aryl methyl sites for hydroxylation is 2. The van der Waals surface area contributed by atoms with Crippen molar-refractivity contribution in [2.75, 3.05) is 11.5 Å². The summed E-state index contributed by atoms with van der Waals surface area (Å²) in [5.41, 5.74) is 3.42. The molecule has 0 aliphatic carbocycles. The van der Waals surface area contributed by atoms with E-state index in [1.54, 1.807) is 6.20 Å². The molecule has 2 aromatic rings. The Hall–Kier alpha value is -1.80. The van der Waals surface area contributed by atoms with Gasteiger partial charge in [-0.3, -0.25) is 9.36 Å². The van der Waals surface area contributed by atoms with Crippen molar-refractivity contribution in [3.8, 4) is 5.69 Å². The maximum Gasteiger partial charge on any atom is 0.233 e. The lowest BCUT2D eigenvalue weighted by molar-refractivity contribution is -0.120. The topological polar surface area (TPSA) is 81.1 Å². The Morgan fingerprint density at radius 1 is 1.35 bits per heavy atom. The van der Waals surface area contributed by atoms with E-state index in [4.69, 9.17) is 0 Å². The molecule has 1 amide bonds. The van der Waals surface area contributed by atoms with Gasteiger partial charge in [0.25, 0.3) is 0 Å². The standard InChI is InChI=1S/C18H23N3O3S2/c1-12-4-5-16(10-13(12)2)21-8-7-19-18(21)25-14(3)17(22)20-15-6-9-26(23,24)11-15/h4-5,7-8,10,14-15H,6,9,11H2,1-3H3,(H,20,22)/t14-,15-/m0/s1. The van der Waals surface area contributed by atoms with E-state index in [-0.39, 0.29) is 28.7 Å². The first-order chi connectivity index (χ1) is 12.2. The first-order valence-corrected chi connectivity index (χ1v) is 11.2. The molecular weight excluding hydrogens is 370 g/mol. The fourth-order valence-electron chi connectivity index (χ4n) is 2.89. The zero-order valence-electron chi connectivity index (χ0n) is 15.1. The van der Waals surface area contributed by atoms with Crippen molar-refractivity contribution in [3.63, 3.8) is 0 Å². The Kier molecular flexibility index (Phi) is 5.43. The van der Waals surface area contributed by atoms with Crippen LogP contribution in [0, 0.1) is 13.8 Å². The van der Waals surface area contributed by atoms with Crippen LogP contribution in [-0.2, 0) is 14.6 Å². The number of hydrogen-bond donors (Lipinski definition) is 1. The second kappa shape index (κ2) is 7.44. The lowest BCUT2D eigenvalue weighted by Crippen LogP contribution is -2.40. The lowest BCUT2D eigenvalue weighted by atomic mass is 10.1. The maximum atomic E-state index is 12.4. The number of aromatic nitrogens is 2. The number of thioether (sulfide) groups is 1. The molecule has 1 aromatic carbocycles. The minimum absolute atomic E-state index is 0.0351. The number of nitrogens with one attached hydrogen (secondary N) is 1. The summed E-state index contributed by atoms with van der Waals surface area (Å²) >= 11 is 1.36. The van der Waals surface area contributed by atoms with Crippen LogP contribution in [0.25, 0.3) is 5.69 Å². The third-order valence-corrected chi connectivity index (χ3v) is 7.45. The molecule has 1 N–H and O–H groups in total. The molecule has 0 saturated carbocycles. The molecule has 0 spiro atoms. The van der Waals surface area contributed by atoms with Crippen LogP contribution in [0.4, 0.5) is 0 Å². The predicted octanol–water partition coefficient (Wildman–Crippen LogP) is 2.27. The molecule has 0 unspecified atom stereocenters. The van der Waals surface area contributed by atoms with Gasteiger partial charge >= 0.3 is 0 Å². The van der Waals surface area contributed by atoms with Crippen LogP contribution in [0.1, 0.15) is 24.5 Å². The number of sulfone groups is 1. The number of imidazole rings is 1. The number of carbonyl (C=O) groups excluding carboxylic acids is 1. The molecule has 3 rings (SSSR count). The summed E-state index contributed by atoms with van der Waals surface area (Å²) in [5.74, 6) is 0.0241. The second-order valence-electron chi connectivity index (χ2n) is 6.72. The summed E-state index contributed by atoms with van der Waals surface area (Å²) in [4.78, 5) is 16.8. The van der Waals surface area contributed by atoms with Crippen LogP contribution in [0.3, 0.4) is 0 Å². The molecule has 140 valence electrons. The average Bonchev–Trinajstić information content (AvgIpc) is 3.16. The van der Waals surface area contributed by atoms with Crippen molar-refractivity contribution in [2.45, 2.75) is 43.6 Å². The normalized spacial score (nSPS) is 20.0. The minimum atomic E-state index is -3.01. The molecule has 0 bridgehead atoms. The number of carbonyl (C=O) groups is 1. The Morgan fingerprint density at radius 2 is 2.12 bits per heavy atom. The maximum absolute atomic E-state index is 12.4. The first-order valence-electron chi connectivity index (χ1n) is 8.53. The van der Waals surface area contributed by atoms with Crippen LogP contribution in [0.2, 0.25) is 0 Å². The number of amides is 1. The van der Waals surface area contributed by atoms with Crippen LogP contribution in [0.5, 0.6) is 0 Å². The number of nitrogens with zero attached hydrogens (tertiary/aromatic N) is 2. The van der Waals surface area contributed by atoms with Crippen molar-refractivity contribution in [1.82, 2.24) is 14.9 Å². The van der Waals surface area contributed by atoms with E-state index < -0.39 is 9.84 Å². The highest BCUT2D eigenvalue weighted by Crippen LogP contribution is 2.26. The third kappa shape index (κ3) is 4.29. The van der Waals surface area contributed by atoms with E-state index in [1.807, 2.05) is 23.8 Å². The monoisotopic (exact) mass is 393 g/mol. The van der Waals surface area contributed by atoms with Gasteiger partial charge in [0, 0.05) is 24.1 Å². The fourth-order valence-corrected chi connectivity index (χ4v) is 5.45. The molecule has 2 heterocycles. The quantitative estimate of drug-likeness (QED) is 0.788. The van der Waals surface area contributed by atoms with E-state index in [9.17, 15) is 13.2 Å². The predicted molar refractivity (Wildman–Crippen MR) is 104 cm³/mol. The Morgan fingerprint density at radius 3 is 2.77 bits per heavy atom. The van der Waals surface area contributed by atoms with Crippen molar-refractivity contribution in [3.05, 3.63) is 41.7 Å². The van der Waals surface area contributed by atoms with Gasteiger partial charge in [0.05, 0.1) is 16.8 Å². The number of benzene rings is 1. The minimum Gasteiger partial charge on any atom is -0.351 e. The van der Waals surface area contributed by atoms with E-state index in [0.717, 1.165) is 10.8 Å².